The molecule has 0 spiro atoms. The first-order chi connectivity index (χ1) is 8.34. The van der Waals surface area contributed by atoms with Gasteiger partial charge < -0.3 is 5.32 Å². The van der Waals surface area contributed by atoms with Gasteiger partial charge in [0.25, 0.3) is 0 Å². The second-order valence-corrected chi connectivity index (χ2v) is 5.08. The highest BCUT2D eigenvalue weighted by molar-refractivity contribution is 5.84. The van der Waals surface area contributed by atoms with E-state index >= 15 is 0 Å². The van der Waals surface area contributed by atoms with Gasteiger partial charge in [0.05, 0.1) is 5.52 Å². The summed E-state index contributed by atoms with van der Waals surface area (Å²) in [5.41, 5.74) is 3.74. The molecule has 1 aromatic carbocycles. The Balaban J connectivity index is 1.91. The Labute approximate surface area is 102 Å². The number of nitrogens with zero attached hydrogens (tertiary/aromatic N) is 1. The van der Waals surface area contributed by atoms with Crippen LogP contribution >= 0.6 is 0 Å². The number of fused-ring (bicyclic) bond motifs is 1. The van der Waals surface area contributed by atoms with Crippen molar-refractivity contribution in [3.8, 4) is 0 Å². The molecule has 17 heavy (non-hydrogen) atoms. The van der Waals surface area contributed by atoms with Crippen LogP contribution in [0.3, 0.4) is 0 Å². The van der Waals surface area contributed by atoms with Crippen LogP contribution in [0.2, 0.25) is 0 Å². The van der Waals surface area contributed by atoms with E-state index in [2.05, 4.69) is 40.6 Å². The fourth-order valence-electron chi connectivity index (χ4n) is 2.89. The number of aromatic amines is 1. The molecule has 3 heteroatoms. The molecule has 0 amide bonds. The largest absolute Gasteiger partial charge is 0.316 e. The predicted octanol–water partition coefficient (Wildman–Crippen LogP) is 2.41. The van der Waals surface area contributed by atoms with Crippen molar-refractivity contribution in [2.24, 2.45) is 5.92 Å². The van der Waals surface area contributed by atoms with Crippen molar-refractivity contribution in [3.63, 3.8) is 0 Å². The Morgan fingerprint density at radius 2 is 2.35 bits per heavy atom. The summed E-state index contributed by atoms with van der Waals surface area (Å²) in [5.74, 6) is 0.781. The molecule has 2 heterocycles. The lowest BCUT2D eigenvalue weighted by Gasteiger charge is -2.23. The van der Waals surface area contributed by atoms with Crippen LogP contribution < -0.4 is 5.32 Å². The first kappa shape index (κ1) is 10.8. The number of hydrogen-bond donors (Lipinski definition) is 2. The molecule has 1 atom stereocenters. The van der Waals surface area contributed by atoms with E-state index in [-0.39, 0.29) is 0 Å². The summed E-state index contributed by atoms with van der Waals surface area (Å²) in [6.45, 7) is 4.46. The van der Waals surface area contributed by atoms with Gasteiger partial charge in [0.2, 0.25) is 0 Å². The number of hydrogen-bond acceptors (Lipinski definition) is 2. The van der Waals surface area contributed by atoms with E-state index in [1.54, 1.807) is 0 Å². The minimum absolute atomic E-state index is 0.781. The zero-order valence-corrected chi connectivity index (χ0v) is 10.3. The van der Waals surface area contributed by atoms with Gasteiger partial charge in [-0.1, -0.05) is 12.1 Å². The van der Waals surface area contributed by atoms with Crippen LogP contribution in [0.25, 0.3) is 10.9 Å². The van der Waals surface area contributed by atoms with E-state index in [0.717, 1.165) is 18.0 Å². The molecule has 0 saturated carbocycles. The molecule has 0 radical (unpaired) electrons. The van der Waals surface area contributed by atoms with Crippen LogP contribution in [0.4, 0.5) is 0 Å². The Morgan fingerprint density at radius 3 is 3.18 bits per heavy atom. The minimum atomic E-state index is 0.781. The van der Waals surface area contributed by atoms with Crippen molar-refractivity contribution in [3.05, 3.63) is 29.5 Å². The normalized spacial score (nSPS) is 20.9. The third kappa shape index (κ3) is 2.07. The summed E-state index contributed by atoms with van der Waals surface area (Å²) < 4.78 is 0. The zero-order chi connectivity index (χ0) is 11.7. The smallest absolute Gasteiger partial charge is 0.0926 e. The molecular weight excluding hydrogens is 210 g/mol. The molecule has 1 aliphatic heterocycles. The molecule has 0 bridgehead atoms. The highest BCUT2D eigenvalue weighted by Gasteiger charge is 2.15. The standard InChI is InChI=1S/C14H19N3/c1-10-14-12(5-2-6-13(14)17-16-10)8-11-4-3-7-15-9-11/h2,5-6,11,15H,3-4,7-9H2,1H3,(H,16,17). The van der Waals surface area contributed by atoms with Gasteiger partial charge in [0.15, 0.2) is 0 Å². The van der Waals surface area contributed by atoms with Gasteiger partial charge in [0.1, 0.15) is 0 Å². The Bertz CT molecular complexity index is 509. The third-order valence-corrected chi connectivity index (χ3v) is 3.76. The second-order valence-electron chi connectivity index (χ2n) is 5.08. The third-order valence-electron chi connectivity index (χ3n) is 3.76. The number of H-pyrrole nitrogens is 1. The summed E-state index contributed by atoms with van der Waals surface area (Å²) in [6, 6.07) is 6.45. The van der Waals surface area contributed by atoms with Crippen molar-refractivity contribution < 1.29 is 0 Å². The molecule has 3 nitrogen and oxygen atoms in total. The van der Waals surface area contributed by atoms with Crippen molar-refractivity contribution in [2.45, 2.75) is 26.2 Å². The lowest BCUT2D eigenvalue weighted by atomic mass is 9.90. The SMILES string of the molecule is Cc1[nH]nc2cccc(CC3CCCNC3)c12. The van der Waals surface area contributed by atoms with Gasteiger partial charge in [-0.3, -0.25) is 5.10 Å². The molecule has 90 valence electrons. The Hall–Kier alpha value is -1.35. The molecule has 0 aliphatic carbocycles. The molecule has 3 rings (SSSR count). The monoisotopic (exact) mass is 229 g/mol. The molecule has 1 saturated heterocycles. The maximum atomic E-state index is 4.33. The molecule has 2 aromatic rings. The summed E-state index contributed by atoms with van der Waals surface area (Å²) in [4.78, 5) is 0. The summed E-state index contributed by atoms with van der Waals surface area (Å²) in [5, 5.41) is 12.2. The number of rotatable bonds is 2. The van der Waals surface area contributed by atoms with Crippen LogP contribution in [-0.4, -0.2) is 23.3 Å². The molecule has 1 unspecified atom stereocenters. The van der Waals surface area contributed by atoms with Gasteiger partial charge in [-0.15, -0.1) is 0 Å². The molecule has 1 aliphatic rings. The number of benzene rings is 1. The Kier molecular flexibility index (Phi) is 2.85. The maximum absolute atomic E-state index is 4.33. The number of nitrogens with one attached hydrogen (secondary N) is 2. The number of piperidine rings is 1. The van der Waals surface area contributed by atoms with Crippen LogP contribution in [0, 0.1) is 12.8 Å². The van der Waals surface area contributed by atoms with Crippen molar-refractivity contribution >= 4 is 10.9 Å². The predicted molar refractivity (Wildman–Crippen MR) is 70.1 cm³/mol. The average molecular weight is 229 g/mol. The summed E-state index contributed by atoms with van der Waals surface area (Å²) in [7, 11) is 0. The van der Waals surface area contributed by atoms with Crippen molar-refractivity contribution in [2.75, 3.05) is 13.1 Å². The van der Waals surface area contributed by atoms with Crippen LogP contribution in [0.5, 0.6) is 0 Å². The van der Waals surface area contributed by atoms with Crippen LogP contribution in [0.1, 0.15) is 24.1 Å². The van der Waals surface area contributed by atoms with E-state index in [0.29, 0.717) is 0 Å². The van der Waals surface area contributed by atoms with E-state index in [1.165, 1.54) is 42.5 Å². The van der Waals surface area contributed by atoms with Gasteiger partial charge >= 0.3 is 0 Å². The fraction of sp³-hybridized carbons (Fsp3) is 0.500. The van der Waals surface area contributed by atoms with Crippen molar-refractivity contribution in [1.29, 1.82) is 0 Å². The quantitative estimate of drug-likeness (QED) is 0.830. The minimum Gasteiger partial charge on any atom is -0.316 e. The summed E-state index contributed by atoms with van der Waals surface area (Å²) in [6.07, 6.45) is 3.83. The zero-order valence-electron chi connectivity index (χ0n) is 10.3. The maximum Gasteiger partial charge on any atom is 0.0926 e. The van der Waals surface area contributed by atoms with Gasteiger partial charge in [-0.2, -0.15) is 5.10 Å². The van der Waals surface area contributed by atoms with Crippen LogP contribution in [0.15, 0.2) is 18.2 Å². The van der Waals surface area contributed by atoms with Crippen LogP contribution in [-0.2, 0) is 6.42 Å². The highest BCUT2D eigenvalue weighted by Crippen LogP contribution is 2.24. The summed E-state index contributed by atoms with van der Waals surface area (Å²) >= 11 is 0. The van der Waals surface area contributed by atoms with E-state index in [4.69, 9.17) is 0 Å². The first-order valence-corrected chi connectivity index (χ1v) is 6.48. The topological polar surface area (TPSA) is 40.7 Å². The lowest BCUT2D eigenvalue weighted by molar-refractivity contribution is 0.377. The van der Waals surface area contributed by atoms with Crippen molar-refractivity contribution in [1.82, 2.24) is 15.5 Å². The van der Waals surface area contributed by atoms with Gasteiger partial charge in [-0.05, 0) is 56.8 Å². The average Bonchev–Trinajstić information content (AvgIpc) is 2.74. The molecular formula is C14H19N3. The van der Waals surface area contributed by atoms with Gasteiger partial charge in [0, 0.05) is 11.1 Å². The highest BCUT2D eigenvalue weighted by atomic mass is 15.1. The fourth-order valence-corrected chi connectivity index (χ4v) is 2.89. The molecule has 2 N–H and O–H groups in total. The second kappa shape index (κ2) is 4.49. The lowest BCUT2D eigenvalue weighted by Crippen LogP contribution is -2.30. The molecule has 1 fully saturated rings. The number of aryl methyl sites for hydroxylation is 1. The number of aromatic nitrogens is 2. The van der Waals surface area contributed by atoms with E-state index < -0.39 is 0 Å². The molecule has 1 aromatic heterocycles. The van der Waals surface area contributed by atoms with E-state index in [1.807, 2.05) is 0 Å². The Morgan fingerprint density at radius 1 is 1.41 bits per heavy atom. The van der Waals surface area contributed by atoms with E-state index in [9.17, 15) is 0 Å². The van der Waals surface area contributed by atoms with Gasteiger partial charge in [-0.25, -0.2) is 0 Å². The first-order valence-electron chi connectivity index (χ1n) is 6.48.